The third kappa shape index (κ3) is 6.19. The lowest BCUT2D eigenvalue weighted by molar-refractivity contribution is -0.134. The molecule has 2 saturated heterocycles. The van der Waals surface area contributed by atoms with Crippen LogP contribution in [0.5, 0.6) is 0 Å². The second-order valence-electron chi connectivity index (χ2n) is 10.0. The number of anilines is 1. The van der Waals surface area contributed by atoms with Gasteiger partial charge in [-0.25, -0.2) is 4.79 Å². The van der Waals surface area contributed by atoms with E-state index in [1.807, 2.05) is 25.7 Å². The molecule has 1 atom stereocenters. The van der Waals surface area contributed by atoms with Gasteiger partial charge in [0, 0.05) is 19.3 Å². The van der Waals surface area contributed by atoms with Crippen molar-refractivity contribution in [2.24, 2.45) is 11.8 Å². The molecule has 0 aliphatic carbocycles. The highest BCUT2D eigenvalue weighted by molar-refractivity contribution is 5.97. The quantitative estimate of drug-likeness (QED) is 0.727. The van der Waals surface area contributed by atoms with Crippen molar-refractivity contribution in [2.75, 3.05) is 38.1 Å². The second-order valence-corrected chi connectivity index (χ2v) is 10.0. The molecule has 1 aromatic rings. The fraction of sp³-hybridized carbons (Fsp3) is 0.708. The van der Waals surface area contributed by atoms with Gasteiger partial charge in [-0.3, -0.25) is 14.7 Å². The molecule has 3 heterocycles. The van der Waals surface area contributed by atoms with Crippen LogP contribution in [0.2, 0.25) is 0 Å². The molecule has 0 bridgehead atoms. The van der Waals surface area contributed by atoms with Gasteiger partial charge in [0.15, 0.2) is 0 Å². The van der Waals surface area contributed by atoms with Gasteiger partial charge >= 0.3 is 6.09 Å². The van der Waals surface area contributed by atoms with E-state index in [1.165, 1.54) is 30.8 Å². The van der Waals surface area contributed by atoms with Crippen molar-refractivity contribution in [1.29, 1.82) is 0 Å². The molecule has 31 heavy (non-hydrogen) atoms. The normalized spacial score (nSPS) is 20.4. The fourth-order valence-electron chi connectivity index (χ4n) is 4.76. The zero-order valence-electron chi connectivity index (χ0n) is 19.7. The van der Waals surface area contributed by atoms with E-state index in [-0.39, 0.29) is 5.91 Å². The van der Waals surface area contributed by atoms with E-state index in [0.29, 0.717) is 11.6 Å². The lowest BCUT2D eigenvalue weighted by Gasteiger charge is -2.41. The highest BCUT2D eigenvalue weighted by atomic mass is 16.6. The molecule has 0 saturated carbocycles. The summed E-state index contributed by atoms with van der Waals surface area (Å²) in [6.07, 6.45) is 7.34. The smallest absolute Gasteiger partial charge is 0.415 e. The summed E-state index contributed by atoms with van der Waals surface area (Å²) < 4.78 is 5.60. The Morgan fingerprint density at radius 2 is 1.68 bits per heavy atom. The number of nitrogens with zero attached hydrogens (tertiary/aromatic N) is 4. The van der Waals surface area contributed by atoms with Crippen molar-refractivity contribution in [1.82, 2.24) is 14.8 Å². The zero-order valence-corrected chi connectivity index (χ0v) is 19.7. The standard InChI is InChI=1S/C24H38N4O3/c1-18(28(21-7-6-12-25-17-21)23(30)31-24(2,3)4)22(29)27-15-10-20(11-16-27)19-8-13-26(5)14-9-19/h6-7,12,17-20H,8-11,13-16H2,1-5H3/t18-/m1/s1. The van der Waals surface area contributed by atoms with Crippen molar-refractivity contribution in [3.8, 4) is 0 Å². The molecule has 3 rings (SSSR count). The number of aromatic nitrogens is 1. The fourth-order valence-corrected chi connectivity index (χ4v) is 4.76. The van der Waals surface area contributed by atoms with Crippen LogP contribution in [0.3, 0.4) is 0 Å². The number of ether oxygens (including phenoxy) is 1. The molecule has 1 aromatic heterocycles. The molecule has 0 unspecified atom stereocenters. The van der Waals surface area contributed by atoms with Gasteiger partial charge in [0.05, 0.1) is 11.9 Å². The summed E-state index contributed by atoms with van der Waals surface area (Å²) in [6, 6.07) is 2.89. The van der Waals surface area contributed by atoms with Crippen molar-refractivity contribution in [3.05, 3.63) is 24.5 Å². The zero-order chi connectivity index (χ0) is 22.6. The molecule has 2 amide bonds. The summed E-state index contributed by atoms with van der Waals surface area (Å²) in [6.45, 7) is 11.1. The van der Waals surface area contributed by atoms with E-state index in [0.717, 1.165) is 31.8 Å². The summed E-state index contributed by atoms with van der Waals surface area (Å²) >= 11 is 0. The van der Waals surface area contributed by atoms with Crippen LogP contribution < -0.4 is 4.90 Å². The van der Waals surface area contributed by atoms with Crippen molar-refractivity contribution < 1.29 is 14.3 Å². The number of pyridine rings is 1. The van der Waals surface area contributed by atoms with Gasteiger partial charge in [0.25, 0.3) is 0 Å². The minimum Gasteiger partial charge on any atom is -0.443 e. The van der Waals surface area contributed by atoms with Crippen LogP contribution in [-0.4, -0.2) is 71.7 Å². The predicted molar refractivity (Wildman–Crippen MR) is 122 cm³/mol. The van der Waals surface area contributed by atoms with Gasteiger partial charge in [0.2, 0.25) is 5.91 Å². The van der Waals surface area contributed by atoms with Crippen molar-refractivity contribution in [3.63, 3.8) is 0 Å². The molecule has 0 radical (unpaired) electrons. The summed E-state index contributed by atoms with van der Waals surface area (Å²) in [7, 11) is 2.19. The molecule has 2 fully saturated rings. The molecule has 7 nitrogen and oxygen atoms in total. The van der Waals surface area contributed by atoms with E-state index in [2.05, 4.69) is 16.9 Å². The molecule has 2 aliphatic heterocycles. The molecule has 172 valence electrons. The van der Waals surface area contributed by atoms with Crippen LogP contribution in [0, 0.1) is 11.8 Å². The number of likely N-dealkylation sites (tertiary alicyclic amines) is 2. The van der Waals surface area contributed by atoms with E-state index in [1.54, 1.807) is 31.5 Å². The molecule has 2 aliphatic rings. The number of piperidine rings is 2. The Bertz CT molecular complexity index is 733. The molecule has 0 N–H and O–H groups in total. The van der Waals surface area contributed by atoms with Crippen LogP contribution in [0.25, 0.3) is 0 Å². The summed E-state index contributed by atoms with van der Waals surface area (Å²) in [5.41, 5.74) is -0.0778. The van der Waals surface area contributed by atoms with Gasteiger partial charge < -0.3 is 14.5 Å². The minimum absolute atomic E-state index is 0.0310. The van der Waals surface area contributed by atoms with Crippen molar-refractivity contribution in [2.45, 2.75) is 65.0 Å². The number of hydrogen-bond donors (Lipinski definition) is 0. The van der Waals surface area contributed by atoms with Gasteiger partial charge in [0.1, 0.15) is 11.6 Å². The van der Waals surface area contributed by atoms with E-state index >= 15 is 0 Å². The lowest BCUT2D eigenvalue weighted by atomic mass is 9.79. The average molecular weight is 431 g/mol. The molecule has 0 spiro atoms. The Morgan fingerprint density at radius 1 is 1.10 bits per heavy atom. The maximum absolute atomic E-state index is 13.4. The topological polar surface area (TPSA) is 66.0 Å². The molecule has 7 heteroatoms. The predicted octanol–water partition coefficient (Wildman–Crippen LogP) is 3.79. The molecular weight excluding hydrogens is 392 g/mol. The summed E-state index contributed by atoms with van der Waals surface area (Å²) in [5, 5.41) is 0. The lowest BCUT2D eigenvalue weighted by Crippen LogP contribution is -2.53. The third-order valence-electron chi connectivity index (χ3n) is 6.54. The summed E-state index contributed by atoms with van der Waals surface area (Å²) in [5.74, 6) is 1.45. The first-order valence-electron chi connectivity index (χ1n) is 11.6. The monoisotopic (exact) mass is 430 g/mol. The maximum atomic E-state index is 13.4. The van der Waals surface area contributed by atoms with E-state index in [4.69, 9.17) is 4.74 Å². The highest BCUT2D eigenvalue weighted by Gasteiger charge is 2.36. The van der Waals surface area contributed by atoms with Crippen molar-refractivity contribution >= 4 is 17.7 Å². The van der Waals surface area contributed by atoms with Gasteiger partial charge in [-0.1, -0.05) is 0 Å². The number of amides is 2. The number of rotatable bonds is 4. The molecular formula is C24H38N4O3. The third-order valence-corrected chi connectivity index (χ3v) is 6.54. The molecule has 0 aromatic carbocycles. The van der Waals surface area contributed by atoms with E-state index in [9.17, 15) is 9.59 Å². The first kappa shape index (κ1) is 23.5. The Kier molecular flexibility index (Phi) is 7.57. The van der Waals surface area contributed by atoms with Gasteiger partial charge in [-0.15, -0.1) is 0 Å². The average Bonchev–Trinajstić information content (AvgIpc) is 2.73. The number of carbonyl (C=O) groups excluding carboxylic acids is 2. The van der Waals surface area contributed by atoms with Crippen LogP contribution >= 0.6 is 0 Å². The largest absolute Gasteiger partial charge is 0.443 e. The Morgan fingerprint density at radius 3 is 2.19 bits per heavy atom. The van der Waals surface area contributed by atoms with Crippen LogP contribution in [-0.2, 0) is 9.53 Å². The first-order valence-corrected chi connectivity index (χ1v) is 11.6. The minimum atomic E-state index is -0.654. The van der Waals surface area contributed by atoms with Gasteiger partial charge in [-0.05, 0) is 97.5 Å². The van der Waals surface area contributed by atoms with Gasteiger partial charge in [-0.2, -0.15) is 0 Å². The number of hydrogen-bond acceptors (Lipinski definition) is 5. The maximum Gasteiger partial charge on any atom is 0.415 e. The Balaban J connectivity index is 1.65. The highest BCUT2D eigenvalue weighted by Crippen LogP contribution is 2.32. The Hall–Kier alpha value is -2.15. The van der Waals surface area contributed by atoms with Crippen LogP contribution in [0.1, 0.15) is 53.4 Å². The van der Waals surface area contributed by atoms with Crippen LogP contribution in [0.4, 0.5) is 10.5 Å². The number of carbonyl (C=O) groups is 2. The van der Waals surface area contributed by atoms with E-state index < -0.39 is 17.7 Å². The Labute approximate surface area is 186 Å². The second kappa shape index (κ2) is 9.98. The summed E-state index contributed by atoms with van der Waals surface area (Å²) in [4.78, 5) is 36.2. The first-order chi connectivity index (χ1) is 14.7. The SMILES string of the molecule is C[C@H](C(=O)N1CCC(C2CCN(C)CC2)CC1)N(C(=O)OC(C)(C)C)c1cccnc1. The van der Waals surface area contributed by atoms with Crippen LogP contribution in [0.15, 0.2) is 24.5 Å².